The smallest absolute Gasteiger partial charge is 0.190 e. The Morgan fingerprint density at radius 2 is 1.75 bits per heavy atom. The summed E-state index contributed by atoms with van der Waals surface area (Å²) in [5.41, 5.74) is 3.45. The van der Waals surface area contributed by atoms with E-state index in [9.17, 15) is 9.90 Å². The number of rotatable bonds is 2. The van der Waals surface area contributed by atoms with E-state index in [1.165, 1.54) is 0 Å². The quantitative estimate of drug-likeness (QED) is 0.761. The minimum Gasteiger partial charge on any atom is -0.508 e. The summed E-state index contributed by atoms with van der Waals surface area (Å²) in [6.45, 7) is 3.12. The van der Waals surface area contributed by atoms with Crippen LogP contribution in [-0.2, 0) is 4.74 Å². The van der Waals surface area contributed by atoms with Gasteiger partial charge >= 0.3 is 0 Å². The second-order valence-electron chi connectivity index (χ2n) is 5.92. The van der Waals surface area contributed by atoms with Gasteiger partial charge in [-0.2, -0.15) is 0 Å². The van der Waals surface area contributed by atoms with Crippen molar-refractivity contribution < 1.29 is 9.84 Å². The molecule has 4 rings (SSSR count). The minimum atomic E-state index is -0.0121. The van der Waals surface area contributed by atoms with Crippen LogP contribution < -0.4 is 10.3 Å². The average molecular weight is 322 g/mol. The molecule has 0 aliphatic carbocycles. The molecule has 1 aliphatic heterocycles. The van der Waals surface area contributed by atoms with E-state index in [0.29, 0.717) is 18.6 Å². The van der Waals surface area contributed by atoms with Gasteiger partial charge in [0.2, 0.25) is 0 Å². The molecule has 1 fully saturated rings. The summed E-state index contributed by atoms with van der Waals surface area (Å²) < 4.78 is 5.38. The highest BCUT2D eigenvalue weighted by molar-refractivity contribution is 5.84. The lowest BCUT2D eigenvalue weighted by Crippen LogP contribution is -2.36. The minimum absolute atomic E-state index is 0.0121. The molecule has 2 N–H and O–H groups in total. The SMILES string of the molecule is O=c1cc(-c2ccc(O)cc2)[nH]c2ccc(N3CCOCC3)cc12. The van der Waals surface area contributed by atoms with Gasteiger partial charge < -0.3 is 19.7 Å². The lowest BCUT2D eigenvalue weighted by molar-refractivity contribution is 0.122. The Labute approximate surface area is 139 Å². The van der Waals surface area contributed by atoms with Crippen LogP contribution in [-0.4, -0.2) is 36.4 Å². The molecule has 0 spiro atoms. The molecule has 1 aliphatic rings. The first-order valence-electron chi connectivity index (χ1n) is 8.00. The summed E-state index contributed by atoms with van der Waals surface area (Å²) in [7, 11) is 0. The molecule has 24 heavy (non-hydrogen) atoms. The number of aromatic amines is 1. The highest BCUT2D eigenvalue weighted by atomic mass is 16.5. The molecule has 1 saturated heterocycles. The summed E-state index contributed by atoms with van der Waals surface area (Å²) in [5, 5.41) is 10.1. The second-order valence-corrected chi connectivity index (χ2v) is 5.92. The van der Waals surface area contributed by atoms with Crippen molar-refractivity contribution in [3.05, 3.63) is 58.8 Å². The number of H-pyrrole nitrogens is 1. The number of hydrogen-bond donors (Lipinski definition) is 2. The van der Waals surface area contributed by atoms with Crippen LogP contribution in [0.15, 0.2) is 53.3 Å². The molecule has 2 aromatic carbocycles. The summed E-state index contributed by atoms with van der Waals surface area (Å²) in [6, 6.07) is 14.3. The lowest BCUT2D eigenvalue weighted by Gasteiger charge is -2.29. The van der Waals surface area contributed by atoms with Gasteiger partial charge in [0.15, 0.2) is 5.43 Å². The highest BCUT2D eigenvalue weighted by Crippen LogP contribution is 2.24. The number of phenols is 1. The van der Waals surface area contributed by atoms with Gasteiger partial charge in [0.1, 0.15) is 5.75 Å². The predicted molar refractivity (Wildman–Crippen MR) is 94.7 cm³/mol. The molecular formula is C19H18N2O3. The van der Waals surface area contributed by atoms with E-state index in [4.69, 9.17) is 4.74 Å². The van der Waals surface area contributed by atoms with Crippen LogP contribution in [0.3, 0.4) is 0 Å². The molecule has 0 bridgehead atoms. The number of fused-ring (bicyclic) bond motifs is 1. The summed E-state index contributed by atoms with van der Waals surface area (Å²) in [4.78, 5) is 18.1. The maximum absolute atomic E-state index is 12.6. The Kier molecular flexibility index (Phi) is 3.70. The molecular weight excluding hydrogens is 304 g/mol. The third-order valence-electron chi connectivity index (χ3n) is 4.37. The molecule has 0 amide bonds. The standard InChI is InChI=1S/C19H18N2O3/c22-15-4-1-13(2-5-15)18-12-19(23)16-11-14(3-6-17(16)20-18)21-7-9-24-10-8-21/h1-6,11-12,22H,7-10H2,(H,20,23). The fourth-order valence-electron chi connectivity index (χ4n) is 3.05. The topological polar surface area (TPSA) is 65.6 Å². The van der Waals surface area contributed by atoms with Gasteiger partial charge in [-0.05, 0) is 48.0 Å². The van der Waals surface area contributed by atoms with Gasteiger partial charge in [-0.15, -0.1) is 0 Å². The summed E-state index contributed by atoms with van der Waals surface area (Å²) >= 11 is 0. The number of anilines is 1. The lowest BCUT2D eigenvalue weighted by atomic mass is 10.1. The zero-order valence-corrected chi connectivity index (χ0v) is 13.2. The van der Waals surface area contributed by atoms with Crippen LogP contribution >= 0.6 is 0 Å². The molecule has 3 aromatic rings. The molecule has 0 unspecified atom stereocenters. The number of ether oxygens (including phenoxy) is 1. The maximum atomic E-state index is 12.6. The number of pyridine rings is 1. The Hall–Kier alpha value is -2.79. The van der Waals surface area contributed by atoms with E-state index in [-0.39, 0.29) is 11.2 Å². The van der Waals surface area contributed by atoms with E-state index in [1.54, 1.807) is 30.3 Å². The summed E-state index contributed by atoms with van der Waals surface area (Å²) in [5.74, 6) is 0.206. The van der Waals surface area contributed by atoms with Crippen molar-refractivity contribution in [2.75, 3.05) is 31.2 Å². The number of nitrogens with zero attached hydrogens (tertiary/aromatic N) is 1. The summed E-state index contributed by atoms with van der Waals surface area (Å²) in [6.07, 6.45) is 0. The van der Waals surface area contributed by atoms with Crippen molar-refractivity contribution in [3.63, 3.8) is 0 Å². The molecule has 0 saturated carbocycles. The van der Waals surface area contributed by atoms with Crippen LogP contribution in [0.25, 0.3) is 22.2 Å². The maximum Gasteiger partial charge on any atom is 0.190 e. The molecule has 122 valence electrons. The zero-order chi connectivity index (χ0) is 16.5. The van der Waals surface area contributed by atoms with Crippen molar-refractivity contribution in [3.8, 4) is 17.0 Å². The van der Waals surface area contributed by atoms with E-state index >= 15 is 0 Å². The molecule has 0 atom stereocenters. The number of benzene rings is 2. The van der Waals surface area contributed by atoms with E-state index < -0.39 is 0 Å². The monoisotopic (exact) mass is 322 g/mol. The van der Waals surface area contributed by atoms with Crippen LogP contribution in [0.1, 0.15) is 0 Å². The van der Waals surface area contributed by atoms with Gasteiger partial charge in [-0.3, -0.25) is 4.79 Å². The zero-order valence-electron chi connectivity index (χ0n) is 13.2. The fraction of sp³-hybridized carbons (Fsp3) is 0.211. The van der Waals surface area contributed by atoms with Gasteiger partial charge in [-0.1, -0.05) is 0 Å². The number of aromatic hydroxyl groups is 1. The average Bonchev–Trinajstić information content (AvgIpc) is 2.63. The number of nitrogens with one attached hydrogen (secondary N) is 1. The molecule has 1 aromatic heterocycles. The Balaban J connectivity index is 1.76. The van der Waals surface area contributed by atoms with E-state index in [2.05, 4.69) is 9.88 Å². The third kappa shape index (κ3) is 2.74. The molecule has 0 radical (unpaired) electrons. The Bertz CT molecular complexity index is 925. The van der Waals surface area contributed by atoms with Gasteiger partial charge in [0.25, 0.3) is 0 Å². The number of aromatic nitrogens is 1. The van der Waals surface area contributed by atoms with Crippen molar-refractivity contribution in [2.24, 2.45) is 0 Å². The Morgan fingerprint density at radius 1 is 1.00 bits per heavy atom. The van der Waals surface area contributed by atoms with Crippen molar-refractivity contribution in [1.29, 1.82) is 0 Å². The first-order chi connectivity index (χ1) is 11.7. The predicted octanol–water partition coefficient (Wildman–Crippen LogP) is 2.74. The van der Waals surface area contributed by atoms with Gasteiger partial charge in [-0.25, -0.2) is 0 Å². The van der Waals surface area contributed by atoms with Crippen LogP contribution in [0.4, 0.5) is 5.69 Å². The molecule has 5 heteroatoms. The van der Waals surface area contributed by atoms with Crippen LogP contribution in [0, 0.1) is 0 Å². The van der Waals surface area contributed by atoms with Crippen LogP contribution in [0.2, 0.25) is 0 Å². The molecule has 2 heterocycles. The van der Waals surface area contributed by atoms with Crippen LogP contribution in [0.5, 0.6) is 5.75 Å². The van der Waals surface area contributed by atoms with Gasteiger partial charge in [0, 0.05) is 41.4 Å². The normalized spacial score (nSPS) is 14.9. The van der Waals surface area contributed by atoms with Crippen molar-refractivity contribution >= 4 is 16.6 Å². The number of phenolic OH excluding ortho intramolecular Hbond substituents is 1. The Morgan fingerprint density at radius 3 is 2.50 bits per heavy atom. The third-order valence-corrected chi connectivity index (χ3v) is 4.37. The number of hydrogen-bond acceptors (Lipinski definition) is 4. The van der Waals surface area contributed by atoms with Crippen molar-refractivity contribution in [1.82, 2.24) is 4.98 Å². The highest BCUT2D eigenvalue weighted by Gasteiger charge is 2.13. The first-order valence-corrected chi connectivity index (χ1v) is 8.00. The van der Waals surface area contributed by atoms with Crippen molar-refractivity contribution in [2.45, 2.75) is 0 Å². The van der Waals surface area contributed by atoms with E-state index in [0.717, 1.165) is 35.6 Å². The van der Waals surface area contributed by atoms with E-state index in [1.807, 2.05) is 18.2 Å². The first kappa shape index (κ1) is 14.8. The molecule has 5 nitrogen and oxygen atoms in total. The second kappa shape index (κ2) is 6.02. The number of morpholine rings is 1. The fourth-order valence-corrected chi connectivity index (χ4v) is 3.05. The largest absolute Gasteiger partial charge is 0.508 e. The van der Waals surface area contributed by atoms with Gasteiger partial charge in [0.05, 0.1) is 13.2 Å².